The number of halogens is 1. The maximum Gasteiger partial charge on any atom is 0.251 e. The number of rotatable bonds is 4. The smallest absolute Gasteiger partial charge is 0.251 e. The molecule has 1 unspecified atom stereocenters. The second-order valence-corrected chi connectivity index (χ2v) is 7.32. The summed E-state index contributed by atoms with van der Waals surface area (Å²) in [4.78, 5) is 12.6. The average molecular weight is 365 g/mol. The third kappa shape index (κ3) is 3.47. The van der Waals surface area contributed by atoms with Crippen molar-refractivity contribution in [3.63, 3.8) is 0 Å². The summed E-state index contributed by atoms with van der Waals surface area (Å²) in [5.41, 5.74) is 5.16. The fraction of sp³-hybridized carbons (Fsp3) is 0.318. The van der Waals surface area contributed by atoms with Crippen LogP contribution in [0.2, 0.25) is 0 Å². The van der Waals surface area contributed by atoms with Crippen molar-refractivity contribution in [3.05, 3.63) is 70.7 Å². The summed E-state index contributed by atoms with van der Waals surface area (Å²) >= 11 is 0. The molecule has 2 N–H and O–H groups in total. The lowest BCUT2D eigenvalue weighted by Crippen LogP contribution is -2.36. The van der Waals surface area contributed by atoms with E-state index >= 15 is 0 Å². The molecule has 4 rings (SSSR count). The molecule has 0 radical (unpaired) electrons. The summed E-state index contributed by atoms with van der Waals surface area (Å²) in [5.74, 6) is -0.244. The molecule has 1 aromatic heterocycles. The van der Waals surface area contributed by atoms with Gasteiger partial charge >= 0.3 is 0 Å². The Morgan fingerprint density at radius 1 is 1.22 bits per heavy atom. The minimum atomic E-state index is -0.225. The van der Waals surface area contributed by atoms with Crippen LogP contribution in [0.4, 0.5) is 4.39 Å². The van der Waals surface area contributed by atoms with E-state index in [-0.39, 0.29) is 17.8 Å². The molecule has 1 atom stereocenters. The number of nitrogens with zero attached hydrogens (tertiary/aromatic N) is 1. The molecule has 2 heterocycles. The van der Waals surface area contributed by atoms with Gasteiger partial charge < -0.3 is 15.2 Å². The molecule has 1 saturated heterocycles. The molecule has 4 nitrogen and oxygen atoms in total. The molecule has 140 valence electrons. The minimum Gasteiger partial charge on any atom is -0.348 e. The van der Waals surface area contributed by atoms with Crippen molar-refractivity contribution in [2.24, 2.45) is 0 Å². The van der Waals surface area contributed by atoms with Crippen LogP contribution >= 0.6 is 0 Å². The highest BCUT2D eigenvalue weighted by molar-refractivity contribution is 5.99. The fourth-order valence-corrected chi connectivity index (χ4v) is 3.81. The van der Waals surface area contributed by atoms with Crippen LogP contribution in [0.1, 0.15) is 33.6 Å². The van der Waals surface area contributed by atoms with Gasteiger partial charge in [-0.3, -0.25) is 4.79 Å². The lowest BCUT2D eigenvalue weighted by molar-refractivity contribution is 0.0940. The first-order valence-electron chi connectivity index (χ1n) is 9.38. The number of hydrogen-bond acceptors (Lipinski definition) is 2. The molecule has 27 heavy (non-hydrogen) atoms. The van der Waals surface area contributed by atoms with Crippen molar-refractivity contribution in [1.29, 1.82) is 0 Å². The Morgan fingerprint density at radius 2 is 2.00 bits per heavy atom. The standard InChI is InChI=1S/C22H24FN3O/c1-14-15(2)26(13-16-3-6-18(23)7-4-16)21-8-5-17(11-20(14)21)22(27)25-19-9-10-24-12-19/h3-8,11,19,24H,9-10,12-13H2,1-2H3,(H,25,27). The normalized spacial score (nSPS) is 16.8. The SMILES string of the molecule is Cc1c(C)n(Cc2ccc(F)cc2)c2ccc(C(=O)NC3CCNC3)cc12. The van der Waals surface area contributed by atoms with Crippen molar-refractivity contribution in [2.45, 2.75) is 32.9 Å². The third-order valence-corrected chi connectivity index (χ3v) is 5.55. The van der Waals surface area contributed by atoms with Gasteiger partial charge in [-0.2, -0.15) is 0 Å². The Hall–Kier alpha value is -2.66. The number of hydrogen-bond donors (Lipinski definition) is 2. The molecule has 0 saturated carbocycles. The molecule has 3 aromatic rings. The number of carbonyl (C=O) groups excluding carboxylic acids is 1. The Labute approximate surface area is 158 Å². The lowest BCUT2D eigenvalue weighted by Gasteiger charge is -2.12. The van der Waals surface area contributed by atoms with Crippen molar-refractivity contribution in [1.82, 2.24) is 15.2 Å². The van der Waals surface area contributed by atoms with E-state index in [4.69, 9.17) is 0 Å². The van der Waals surface area contributed by atoms with Gasteiger partial charge in [0.1, 0.15) is 5.82 Å². The predicted octanol–water partition coefficient (Wildman–Crippen LogP) is 3.54. The molecule has 1 amide bonds. The van der Waals surface area contributed by atoms with E-state index in [9.17, 15) is 9.18 Å². The molecule has 0 bridgehead atoms. The Balaban J connectivity index is 1.65. The highest BCUT2D eigenvalue weighted by atomic mass is 19.1. The summed E-state index contributed by atoms with van der Waals surface area (Å²) in [6.07, 6.45) is 0.972. The van der Waals surface area contributed by atoms with Gasteiger partial charge in [0.15, 0.2) is 0 Å². The quantitative estimate of drug-likeness (QED) is 0.743. The first-order chi connectivity index (χ1) is 13.0. The summed E-state index contributed by atoms with van der Waals surface area (Å²) < 4.78 is 15.4. The van der Waals surface area contributed by atoms with Crippen molar-refractivity contribution in [3.8, 4) is 0 Å². The summed E-state index contributed by atoms with van der Waals surface area (Å²) in [7, 11) is 0. The number of amides is 1. The van der Waals surface area contributed by atoms with Crippen LogP contribution in [-0.2, 0) is 6.54 Å². The maximum absolute atomic E-state index is 13.2. The van der Waals surface area contributed by atoms with Gasteiger partial charge in [-0.1, -0.05) is 12.1 Å². The van der Waals surface area contributed by atoms with Crippen molar-refractivity contribution >= 4 is 16.8 Å². The van der Waals surface area contributed by atoms with Crippen LogP contribution in [0.3, 0.4) is 0 Å². The van der Waals surface area contributed by atoms with Crippen LogP contribution < -0.4 is 10.6 Å². The van der Waals surface area contributed by atoms with Gasteiger partial charge in [0, 0.05) is 41.3 Å². The van der Waals surface area contributed by atoms with E-state index in [1.165, 1.54) is 17.7 Å². The Kier molecular flexibility index (Phi) is 4.70. The van der Waals surface area contributed by atoms with Gasteiger partial charge in [0.2, 0.25) is 0 Å². The Bertz CT molecular complexity index is 985. The number of nitrogens with one attached hydrogen (secondary N) is 2. The number of aryl methyl sites for hydroxylation is 1. The summed E-state index contributed by atoms with van der Waals surface area (Å²) in [6, 6.07) is 12.7. The van der Waals surface area contributed by atoms with Gasteiger partial charge in [0.25, 0.3) is 5.91 Å². The third-order valence-electron chi connectivity index (χ3n) is 5.55. The molecule has 0 spiro atoms. The molecular formula is C22H24FN3O. The number of benzene rings is 2. The summed E-state index contributed by atoms with van der Waals surface area (Å²) in [5, 5.41) is 7.46. The van der Waals surface area contributed by atoms with E-state index in [1.807, 2.05) is 30.3 Å². The first-order valence-corrected chi connectivity index (χ1v) is 9.38. The van der Waals surface area contributed by atoms with Gasteiger partial charge in [-0.25, -0.2) is 4.39 Å². The maximum atomic E-state index is 13.2. The zero-order chi connectivity index (χ0) is 19.0. The lowest BCUT2D eigenvalue weighted by atomic mass is 10.1. The number of fused-ring (bicyclic) bond motifs is 1. The van der Waals surface area contributed by atoms with Crippen molar-refractivity contribution in [2.75, 3.05) is 13.1 Å². The molecule has 1 fully saturated rings. The Morgan fingerprint density at radius 3 is 2.70 bits per heavy atom. The second-order valence-electron chi connectivity index (χ2n) is 7.32. The number of aromatic nitrogens is 1. The van der Waals surface area contributed by atoms with E-state index in [1.54, 1.807) is 0 Å². The van der Waals surface area contributed by atoms with Crippen molar-refractivity contribution < 1.29 is 9.18 Å². The van der Waals surface area contributed by atoms with Gasteiger partial charge in [-0.05, 0) is 68.3 Å². The average Bonchev–Trinajstić information content (AvgIpc) is 3.26. The summed E-state index contributed by atoms with van der Waals surface area (Å²) in [6.45, 7) is 6.63. The van der Waals surface area contributed by atoms with Gasteiger partial charge in [-0.15, -0.1) is 0 Å². The van der Waals surface area contributed by atoms with Crippen LogP contribution in [0.25, 0.3) is 10.9 Å². The van der Waals surface area contributed by atoms with Crippen LogP contribution in [0.5, 0.6) is 0 Å². The molecule has 1 aliphatic rings. The number of carbonyl (C=O) groups is 1. The predicted molar refractivity (Wildman–Crippen MR) is 106 cm³/mol. The largest absolute Gasteiger partial charge is 0.348 e. The zero-order valence-electron chi connectivity index (χ0n) is 15.7. The van der Waals surface area contributed by atoms with E-state index in [2.05, 4.69) is 29.0 Å². The second kappa shape index (κ2) is 7.16. The molecule has 5 heteroatoms. The molecule has 1 aliphatic heterocycles. The van der Waals surface area contributed by atoms with Crippen LogP contribution in [0, 0.1) is 19.7 Å². The van der Waals surface area contributed by atoms with Gasteiger partial charge in [0.05, 0.1) is 0 Å². The highest BCUT2D eigenvalue weighted by Gasteiger charge is 2.19. The topological polar surface area (TPSA) is 46.1 Å². The van der Waals surface area contributed by atoms with E-state index in [0.29, 0.717) is 12.1 Å². The zero-order valence-corrected chi connectivity index (χ0v) is 15.7. The molecule has 0 aliphatic carbocycles. The fourth-order valence-electron chi connectivity index (χ4n) is 3.81. The monoisotopic (exact) mass is 365 g/mol. The molecular weight excluding hydrogens is 341 g/mol. The molecule has 2 aromatic carbocycles. The van der Waals surface area contributed by atoms with E-state index in [0.717, 1.165) is 41.7 Å². The first kappa shape index (κ1) is 17.7. The highest BCUT2D eigenvalue weighted by Crippen LogP contribution is 2.27. The van der Waals surface area contributed by atoms with E-state index < -0.39 is 0 Å². The minimum absolute atomic E-state index is 0.0195. The van der Waals surface area contributed by atoms with Crippen LogP contribution in [-0.4, -0.2) is 29.6 Å². The van der Waals surface area contributed by atoms with Crippen LogP contribution in [0.15, 0.2) is 42.5 Å².